The zero-order valence-electron chi connectivity index (χ0n) is 7.57. The van der Waals surface area contributed by atoms with Crippen molar-refractivity contribution in [2.75, 3.05) is 0 Å². The maximum absolute atomic E-state index is 13.2. The molecule has 0 fully saturated rings. The standard InChI is InChI=1S/C11H10F2/c1-4-8-5-11(13)9(7(2)3)6-10(8)12/h1,5-7H,2-3H3. The van der Waals surface area contributed by atoms with Crippen molar-refractivity contribution in [2.24, 2.45) is 0 Å². The minimum Gasteiger partial charge on any atom is -0.207 e. The minimum absolute atomic E-state index is 0.0260. The van der Waals surface area contributed by atoms with Gasteiger partial charge in [0, 0.05) is 0 Å². The van der Waals surface area contributed by atoms with E-state index in [1.54, 1.807) is 13.8 Å². The lowest BCUT2D eigenvalue weighted by Gasteiger charge is -2.07. The summed E-state index contributed by atoms with van der Waals surface area (Å²) in [6, 6.07) is 2.22. The van der Waals surface area contributed by atoms with Crippen LogP contribution >= 0.6 is 0 Å². The molecule has 0 saturated carbocycles. The van der Waals surface area contributed by atoms with Crippen LogP contribution in [0.4, 0.5) is 8.78 Å². The number of terminal acetylenes is 1. The number of hydrogen-bond acceptors (Lipinski definition) is 0. The Morgan fingerprint density at radius 1 is 1.23 bits per heavy atom. The fourth-order valence-electron chi connectivity index (χ4n) is 1.12. The number of rotatable bonds is 1. The number of hydrogen-bond donors (Lipinski definition) is 0. The fraction of sp³-hybridized carbons (Fsp3) is 0.273. The van der Waals surface area contributed by atoms with Gasteiger partial charge in [-0.05, 0) is 23.6 Å². The van der Waals surface area contributed by atoms with Crippen molar-refractivity contribution >= 4 is 0 Å². The largest absolute Gasteiger partial charge is 0.207 e. The van der Waals surface area contributed by atoms with E-state index in [-0.39, 0.29) is 11.5 Å². The fourth-order valence-corrected chi connectivity index (χ4v) is 1.12. The van der Waals surface area contributed by atoms with E-state index in [0.717, 1.165) is 12.1 Å². The summed E-state index contributed by atoms with van der Waals surface area (Å²) in [5, 5.41) is 0. The molecular weight excluding hydrogens is 170 g/mol. The Labute approximate surface area is 76.6 Å². The van der Waals surface area contributed by atoms with Gasteiger partial charge in [0.15, 0.2) is 0 Å². The molecule has 0 spiro atoms. The average molecular weight is 180 g/mol. The van der Waals surface area contributed by atoms with Crippen LogP contribution in [0.15, 0.2) is 12.1 Å². The maximum atomic E-state index is 13.2. The van der Waals surface area contributed by atoms with Crippen LogP contribution in [0.1, 0.15) is 30.9 Å². The summed E-state index contributed by atoms with van der Waals surface area (Å²) >= 11 is 0. The van der Waals surface area contributed by atoms with Crippen LogP contribution in [0.5, 0.6) is 0 Å². The third-order valence-corrected chi connectivity index (χ3v) is 1.86. The van der Waals surface area contributed by atoms with E-state index in [4.69, 9.17) is 6.42 Å². The van der Waals surface area contributed by atoms with Crippen LogP contribution in [-0.4, -0.2) is 0 Å². The van der Waals surface area contributed by atoms with E-state index in [9.17, 15) is 8.78 Å². The molecule has 0 N–H and O–H groups in total. The van der Waals surface area contributed by atoms with Crippen molar-refractivity contribution in [3.8, 4) is 12.3 Å². The summed E-state index contributed by atoms with van der Waals surface area (Å²) in [5.74, 6) is 1.07. The van der Waals surface area contributed by atoms with Crippen LogP contribution < -0.4 is 0 Å². The summed E-state index contributed by atoms with van der Waals surface area (Å²) in [5.41, 5.74) is 0.332. The minimum atomic E-state index is -0.535. The van der Waals surface area contributed by atoms with E-state index < -0.39 is 11.6 Å². The highest BCUT2D eigenvalue weighted by Gasteiger charge is 2.10. The third-order valence-electron chi connectivity index (χ3n) is 1.86. The van der Waals surface area contributed by atoms with Crippen molar-refractivity contribution in [1.29, 1.82) is 0 Å². The molecule has 0 unspecified atom stereocenters. The molecule has 13 heavy (non-hydrogen) atoms. The van der Waals surface area contributed by atoms with Crippen LogP contribution in [0.25, 0.3) is 0 Å². The van der Waals surface area contributed by atoms with Crippen molar-refractivity contribution in [3.63, 3.8) is 0 Å². The van der Waals surface area contributed by atoms with Crippen LogP contribution in [0.2, 0.25) is 0 Å². The Hall–Kier alpha value is -1.36. The second kappa shape index (κ2) is 3.57. The molecule has 0 saturated heterocycles. The average Bonchev–Trinajstić information content (AvgIpc) is 2.07. The first-order valence-electron chi connectivity index (χ1n) is 4.01. The van der Waals surface area contributed by atoms with Crippen molar-refractivity contribution in [2.45, 2.75) is 19.8 Å². The molecule has 0 atom stereocenters. The molecule has 0 aliphatic carbocycles. The predicted octanol–water partition coefficient (Wildman–Crippen LogP) is 3.07. The zero-order chi connectivity index (χ0) is 10.0. The van der Waals surface area contributed by atoms with E-state index in [0.29, 0.717) is 5.56 Å². The molecule has 0 heterocycles. The van der Waals surface area contributed by atoms with Gasteiger partial charge in [-0.1, -0.05) is 19.8 Å². The lowest BCUT2D eigenvalue weighted by molar-refractivity contribution is 0.573. The van der Waals surface area contributed by atoms with E-state index in [1.165, 1.54) is 0 Å². The van der Waals surface area contributed by atoms with E-state index in [1.807, 2.05) is 0 Å². The second-order valence-electron chi connectivity index (χ2n) is 3.15. The van der Waals surface area contributed by atoms with Gasteiger partial charge >= 0.3 is 0 Å². The molecule has 2 heteroatoms. The zero-order valence-corrected chi connectivity index (χ0v) is 7.57. The van der Waals surface area contributed by atoms with Gasteiger partial charge in [-0.2, -0.15) is 0 Å². The first-order chi connectivity index (χ1) is 6.06. The quantitative estimate of drug-likeness (QED) is 0.582. The Bertz CT molecular complexity index is 359. The summed E-state index contributed by atoms with van der Waals surface area (Å²) in [4.78, 5) is 0. The topological polar surface area (TPSA) is 0 Å². The van der Waals surface area contributed by atoms with Gasteiger partial charge in [0.1, 0.15) is 11.6 Å². The van der Waals surface area contributed by atoms with Gasteiger partial charge in [-0.25, -0.2) is 8.78 Å². The van der Waals surface area contributed by atoms with Crippen LogP contribution in [0.3, 0.4) is 0 Å². The van der Waals surface area contributed by atoms with E-state index >= 15 is 0 Å². The lowest BCUT2D eigenvalue weighted by Crippen LogP contribution is -1.96. The Kier molecular flexibility index (Phi) is 2.67. The SMILES string of the molecule is C#Cc1cc(F)c(C(C)C)cc1F. The van der Waals surface area contributed by atoms with Crippen molar-refractivity contribution in [3.05, 3.63) is 34.9 Å². The highest BCUT2D eigenvalue weighted by atomic mass is 19.1. The highest BCUT2D eigenvalue weighted by molar-refractivity contribution is 5.37. The van der Waals surface area contributed by atoms with Gasteiger partial charge in [0.25, 0.3) is 0 Å². The highest BCUT2D eigenvalue weighted by Crippen LogP contribution is 2.21. The monoisotopic (exact) mass is 180 g/mol. The Morgan fingerprint density at radius 3 is 2.31 bits per heavy atom. The number of benzene rings is 1. The molecule has 0 amide bonds. The molecule has 1 aromatic rings. The lowest BCUT2D eigenvalue weighted by atomic mass is 10.0. The van der Waals surface area contributed by atoms with Crippen molar-refractivity contribution in [1.82, 2.24) is 0 Å². The van der Waals surface area contributed by atoms with Crippen LogP contribution in [-0.2, 0) is 0 Å². The van der Waals surface area contributed by atoms with Gasteiger partial charge in [-0.15, -0.1) is 6.42 Å². The summed E-state index contributed by atoms with van der Waals surface area (Å²) < 4.78 is 26.3. The first kappa shape index (κ1) is 9.73. The molecule has 68 valence electrons. The number of halogens is 2. The van der Waals surface area contributed by atoms with Gasteiger partial charge in [0.2, 0.25) is 0 Å². The van der Waals surface area contributed by atoms with Crippen LogP contribution in [0, 0.1) is 24.0 Å². The molecule has 0 aromatic heterocycles. The third kappa shape index (κ3) is 1.86. The summed E-state index contributed by atoms with van der Waals surface area (Å²) in [7, 11) is 0. The van der Waals surface area contributed by atoms with E-state index in [2.05, 4.69) is 5.92 Å². The Morgan fingerprint density at radius 2 is 1.85 bits per heavy atom. The molecule has 0 nitrogen and oxygen atoms in total. The van der Waals surface area contributed by atoms with Gasteiger partial charge in [0.05, 0.1) is 5.56 Å². The van der Waals surface area contributed by atoms with Crippen molar-refractivity contribution < 1.29 is 8.78 Å². The van der Waals surface area contributed by atoms with Gasteiger partial charge in [-0.3, -0.25) is 0 Å². The maximum Gasteiger partial charge on any atom is 0.139 e. The van der Waals surface area contributed by atoms with Gasteiger partial charge < -0.3 is 0 Å². The smallest absolute Gasteiger partial charge is 0.139 e. The molecule has 1 rings (SSSR count). The first-order valence-corrected chi connectivity index (χ1v) is 4.01. The summed E-state index contributed by atoms with van der Waals surface area (Å²) in [6.07, 6.45) is 4.99. The molecule has 0 aliphatic heterocycles. The molecule has 1 aromatic carbocycles. The molecular formula is C11H10F2. The predicted molar refractivity (Wildman–Crippen MR) is 48.4 cm³/mol. The molecule has 0 bridgehead atoms. The molecule has 0 radical (unpaired) electrons. The molecule has 0 aliphatic rings. The summed E-state index contributed by atoms with van der Waals surface area (Å²) in [6.45, 7) is 3.60. The normalized spacial score (nSPS) is 10.2. The Balaban J connectivity index is 3.31. The second-order valence-corrected chi connectivity index (χ2v) is 3.15.